The highest BCUT2D eigenvalue weighted by Crippen LogP contribution is 2.12. The minimum atomic E-state index is -0.872. The topological polar surface area (TPSA) is 94.8 Å². The van der Waals surface area contributed by atoms with Gasteiger partial charge in [-0.1, -0.05) is 23.7 Å². The van der Waals surface area contributed by atoms with Gasteiger partial charge in [0.2, 0.25) is 11.2 Å². The Balaban J connectivity index is 2.02. The van der Waals surface area contributed by atoms with Gasteiger partial charge in [0.1, 0.15) is 18.9 Å². The molecule has 1 aromatic carbocycles. The lowest BCUT2D eigenvalue weighted by Gasteiger charge is -2.11. The second kappa shape index (κ2) is 8.34. The van der Waals surface area contributed by atoms with Crippen LogP contribution in [0.4, 0.5) is 0 Å². The Morgan fingerprint density at radius 1 is 1.28 bits per heavy atom. The molecule has 0 unspecified atom stereocenters. The molecule has 2 rings (SSSR count). The average molecular weight is 366 g/mol. The van der Waals surface area contributed by atoms with Crippen molar-refractivity contribution >= 4 is 23.5 Å². The van der Waals surface area contributed by atoms with Crippen LogP contribution in [0.5, 0.6) is 5.75 Å². The minimum absolute atomic E-state index is 0.0347. The molecule has 1 aromatic heterocycles. The highest BCUT2D eigenvalue weighted by atomic mass is 35.5. The molecule has 7 nitrogen and oxygen atoms in total. The molecular formula is C17H16ClNO6. The van der Waals surface area contributed by atoms with Crippen LogP contribution in [-0.2, 0) is 16.1 Å². The Morgan fingerprint density at radius 2 is 1.96 bits per heavy atom. The summed E-state index contributed by atoms with van der Waals surface area (Å²) in [6.45, 7) is 1.60. The first-order chi connectivity index (χ1) is 11.9. The van der Waals surface area contributed by atoms with Gasteiger partial charge in [-0.2, -0.15) is 0 Å². The molecule has 0 bridgehead atoms. The van der Waals surface area contributed by atoms with Crippen molar-refractivity contribution in [1.82, 2.24) is 5.32 Å². The number of amides is 1. The van der Waals surface area contributed by atoms with E-state index < -0.39 is 23.3 Å². The SMILES string of the molecule is COC(=O)[C@@H](C)NC(=O)c1cc(=O)c(OCc2ccc(Cl)cc2)co1. The summed E-state index contributed by atoms with van der Waals surface area (Å²) < 4.78 is 15.0. The molecule has 0 saturated carbocycles. The van der Waals surface area contributed by atoms with Crippen LogP contribution in [0.2, 0.25) is 5.02 Å². The van der Waals surface area contributed by atoms with E-state index in [0.29, 0.717) is 5.02 Å². The van der Waals surface area contributed by atoms with E-state index in [2.05, 4.69) is 10.1 Å². The third kappa shape index (κ3) is 5.09. The smallest absolute Gasteiger partial charge is 0.328 e. The zero-order valence-electron chi connectivity index (χ0n) is 13.6. The maximum atomic E-state index is 12.0. The van der Waals surface area contributed by atoms with Gasteiger partial charge in [-0.15, -0.1) is 0 Å². The lowest BCUT2D eigenvalue weighted by molar-refractivity contribution is -0.142. The molecule has 0 aliphatic rings. The van der Waals surface area contributed by atoms with E-state index in [1.54, 1.807) is 24.3 Å². The fourth-order valence-electron chi connectivity index (χ4n) is 1.87. The van der Waals surface area contributed by atoms with Crippen molar-refractivity contribution in [2.24, 2.45) is 0 Å². The predicted molar refractivity (Wildman–Crippen MR) is 89.7 cm³/mol. The maximum Gasteiger partial charge on any atom is 0.328 e. The zero-order valence-corrected chi connectivity index (χ0v) is 14.3. The van der Waals surface area contributed by atoms with Crippen LogP contribution >= 0.6 is 11.6 Å². The fourth-order valence-corrected chi connectivity index (χ4v) is 1.99. The van der Waals surface area contributed by atoms with Crippen molar-refractivity contribution in [3.8, 4) is 5.75 Å². The lowest BCUT2D eigenvalue weighted by atomic mass is 10.2. The van der Waals surface area contributed by atoms with Gasteiger partial charge in [0.25, 0.3) is 5.91 Å². The molecule has 1 heterocycles. The zero-order chi connectivity index (χ0) is 18.4. The lowest BCUT2D eigenvalue weighted by Crippen LogP contribution is -2.39. The number of hydrogen-bond acceptors (Lipinski definition) is 6. The third-order valence-electron chi connectivity index (χ3n) is 3.23. The molecule has 0 saturated heterocycles. The molecule has 1 N–H and O–H groups in total. The number of rotatable bonds is 6. The van der Waals surface area contributed by atoms with Crippen LogP contribution in [0.1, 0.15) is 23.0 Å². The van der Waals surface area contributed by atoms with Gasteiger partial charge in [0.05, 0.1) is 7.11 Å². The number of halogens is 1. The molecule has 8 heteroatoms. The Bertz CT molecular complexity index is 815. The summed E-state index contributed by atoms with van der Waals surface area (Å²) >= 11 is 5.79. The molecule has 0 fully saturated rings. The minimum Gasteiger partial charge on any atom is -0.482 e. The van der Waals surface area contributed by atoms with Gasteiger partial charge in [0, 0.05) is 11.1 Å². The Kier molecular flexibility index (Phi) is 6.19. The standard InChI is InChI=1S/C17H16ClNO6/c1-10(17(22)23-2)19-16(21)14-7-13(20)15(9-25-14)24-8-11-3-5-12(18)6-4-11/h3-7,9-10H,8H2,1-2H3,(H,19,21)/t10-/m1/s1. The Morgan fingerprint density at radius 3 is 2.56 bits per heavy atom. The summed E-state index contributed by atoms with van der Waals surface area (Å²) in [5.41, 5.74) is 0.300. The first-order valence-corrected chi connectivity index (χ1v) is 7.67. The first-order valence-electron chi connectivity index (χ1n) is 7.29. The number of nitrogens with one attached hydrogen (secondary N) is 1. The Labute approximate surface area is 148 Å². The average Bonchev–Trinajstić information content (AvgIpc) is 2.61. The van der Waals surface area contributed by atoms with Crippen LogP contribution in [0.15, 0.2) is 45.8 Å². The molecule has 0 aliphatic carbocycles. The Hall–Kier alpha value is -2.80. The van der Waals surface area contributed by atoms with Crippen molar-refractivity contribution < 1.29 is 23.5 Å². The van der Waals surface area contributed by atoms with Crippen LogP contribution in [0.3, 0.4) is 0 Å². The molecular weight excluding hydrogens is 350 g/mol. The van der Waals surface area contributed by atoms with Crippen LogP contribution in [0, 0.1) is 0 Å². The van der Waals surface area contributed by atoms with E-state index in [0.717, 1.165) is 17.9 Å². The number of esters is 1. The molecule has 0 radical (unpaired) electrons. The van der Waals surface area contributed by atoms with E-state index in [-0.39, 0.29) is 18.1 Å². The highest BCUT2D eigenvalue weighted by molar-refractivity contribution is 6.30. The van der Waals surface area contributed by atoms with Crippen LogP contribution < -0.4 is 15.5 Å². The van der Waals surface area contributed by atoms with Crippen molar-refractivity contribution in [3.63, 3.8) is 0 Å². The van der Waals surface area contributed by atoms with Gasteiger partial charge in [-0.05, 0) is 24.6 Å². The van der Waals surface area contributed by atoms with Crippen molar-refractivity contribution in [2.45, 2.75) is 19.6 Å². The summed E-state index contributed by atoms with van der Waals surface area (Å²) in [6.07, 6.45) is 1.05. The summed E-state index contributed by atoms with van der Waals surface area (Å²) in [5, 5.41) is 2.95. The number of hydrogen-bond donors (Lipinski definition) is 1. The summed E-state index contributed by atoms with van der Waals surface area (Å²) in [7, 11) is 1.21. The van der Waals surface area contributed by atoms with Crippen LogP contribution in [0.25, 0.3) is 0 Å². The summed E-state index contributed by atoms with van der Waals surface area (Å²) in [4.78, 5) is 35.2. The van der Waals surface area contributed by atoms with Gasteiger partial charge in [-0.25, -0.2) is 4.79 Å². The van der Waals surface area contributed by atoms with E-state index in [1.165, 1.54) is 14.0 Å². The van der Waals surface area contributed by atoms with E-state index >= 15 is 0 Å². The van der Waals surface area contributed by atoms with E-state index in [9.17, 15) is 14.4 Å². The molecule has 0 aliphatic heterocycles. The number of carbonyl (C=O) groups is 2. The number of carbonyl (C=O) groups excluding carboxylic acids is 2. The van der Waals surface area contributed by atoms with Crippen LogP contribution in [-0.4, -0.2) is 25.0 Å². The quantitative estimate of drug-likeness (QED) is 0.788. The molecule has 1 amide bonds. The molecule has 25 heavy (non-hydrogen) atoms. The second-order valence-corrected chi connectivity index (χ2v) is 5.54. The van der Waals surface area contributed by atoms with E-state index in [4.69, 9.17) is 20.8 Å². The number of benzene rings is 1. The molecule has 1 atom stereocenters. The molecule has 0 spiro atoms. The van der Waals surface area contributed by atoms with Crippen molar-refractivity contribution in [1.29, 1.82) is 0 Å². The van der Waals surface area contributed by atoms with Crippen molar-refractivity contribution in [2.75, 3.05) is 7.11 Å². The maximum absolute atomic E-state index is 12.0. The monoisotopic (exact) mass is 365 g/mol. The van der Waals surface area contributed by atoms with Gasteiger partial charge < -0.3 is 19.2 Å². The number of methoxy groups -OCH3 is 1. The predicted octanol–water partition coefficient (Wildman–Crippen LogP) is 2.16. The number of ether oxygens (including phenoxy) is 2. The largest absolute Gasteiger partial charge is 0.482 e. The van der Waals surface area contributed by atoms with Crippen molar-refractivity contribution in [3.05, 3.63) is 63.2 Å². The second-order valence-electron chi connectivity index (χ2n) is 5.11. The summed E-state index contributed by atoms with van der Waals surface area (Å²) in [6, 6.07) is 7.07. The normalized spacial score (nSPS) is 11.5. The fraction of sp³-hybridized carbons (Fsp3) is 0.235. The summed E-state index contributed by atoms with van der Waals surface area (Å²) in [5.74, 6) is -1.59. The first kappa shape index (κ1) is 18.5. The van der Waals surface area contributed by atoms with Gasteiger partial charge in [-0.3, -0.25) is 9.59 Å². The third-order valence-corrected chi connectivity index (χ3v) is 3.48. The van der Waals surface area contributed by atoms with Gasteiger partial charge in [0.15, 0.2) is 5.76 Å². The van der Waals surface area contributed by atoms with E-state index in [1.807, 2.05) is 0 Å². The highest BCUT2D eigenvalue weighted by Gasteiger charge is 2.19. The molecule has 132 valence electrons. The molecule has 2 aromatic rings. The van der Waals surface area contributed by atoms with Gasteiger partial charge >= 0.3 is 5.97 Å².